The van der Waals surface area contributed by atoms with Gasteiger partial charge in [0.05, 0.1) is 6.54 Å². The maximum atomic E-state index is 12.9. The fourth-order valence-electron chi connectivity index (χ4n) is 3.03. The van der Waals surface area contributed by atoms with Crippen LogP contribution in [-0.4, -0.2) is 54.3 Å². The van der Waals surface area contributed by atoms with Crippen molar-refractivity contribution >= 4 is 17.5 Å². The molecule has 136 valence electrons. The van der Waals surface area contributed by atoms with Gasteiger partial charge in [-0.15, -0.1) is 0 Å². The Kier molecular flexibility index (Phi) is 5.63. The van der Waals surface area contributed by atoms with Gasteiger partial charge in [0, 0.05) is 37.4 Å². The molecule has 1 fully saturated rings. The summed E-state index contributed by atoms with van der Waals surface area (Å²) in [5, 5.41) is 2.76. The van der Waals surface area contributed by atoms with Crippen LogP contribution in [0.15, 0.2) is 48.5 Å². The molecule has 2 aromatic carbocycles. The van der Waals surface area contributed by atoms with E-state index in [0.717, 1.165) is 11.1 Å². The highest BCUT2D eigenvalue weighted by Gasteiger charge is 2.24. The smallest absolute Gasteiger partial charge is 0.254 e. The third-order valence-corrected chi connectivity index (χ3v) is 4.53. The molecule has 6 heteroatoms. The second-order valence-corrected chi connectivity index (χ2v) is 6.44. The van der Waals surface area contributed by atoms with E-state index in [4.69, 9.17) is 0 Å². The number of halogens is 1. The van der Waals surface area contributed by atoms with Crippen LogP contribution in [0, 0.1) is 12.7 Å². The minimum atomic E-state index is -0.336. The monoisotopic (exact) mass is 355 g/mol. The highest BCUT2D eigenvalue weighted by Crippen LogP contribution is 2.13. The van der Waals surface area contributed by atoms with Crippen LogP contribution in [0.1, 0.15) is 15.9 Å². The lowest BCUT2D eigenvalue weighted by Crippen LogP contribution is -2.50. The Hall–Kier alpha value is -2.73. The van der Waals surface area contributed by atoms with Crippen molar-refractivity contribution in [1.82, 2.24) is 9.80 Å². The molecule has 0 spiro atoms. The van der Waals surface area contributed by atoms with Crippen LogP contribution >= 0.6 is 0 Å². The molecule has 26 heavy (non-hydrogen) atoms. The summed E-state index contributed by atoms with van der Waals surface area (Å²) < 4.78 is 12.9. The van der Waals surface area contributed by atoms with Gasteiger partial charge in [-0.25, -0.2) is 4.39 Å². The predicted octanol–water partition coefficient (Wildman–Crippen LogP) is 2.53. The van der Waals surface area contributed by atoms with Gasteiger partial charge < -0.3 is 10.2 Å². The lowest BCUT2D eigenvalue weighted by molar-refractivity contribution is -0.117. The first-order chi connectivity index (χ1) is 12.5. The van der Waals surface area contributed by atoms with Crippen LogP contribution < -0.4 is 5.32 Å². The van der Waals surface area contributed by atoms with Crippen LogP contribution in [0.5, 0.6) is 0 Å². The van der Waals surface area contributed by atoms with Gasteiger partial charge in [0.1, 0.15) is 5.82 Å². The fraction of sp³-hybridized carbons (Fsp3) is 0.300. The number of aryl methyl sites for hydroxylation is 1. The SMILES string of the molecule is Cc1ccccc1C(=O)N1CCN(CC(=O)Nc2ccc(F)cc2)CC1. The molecular weight excluding hydrogens is 333 g/mol. The molecule has 1 N–H and O–H groups in total. The maximum Gasteiger partial charge on any atom is 0.254 e. The first kappa shape index (κ1) is 18.1. The zero-order valence-electron chi connectivity index (χ0n) is 14.7. The fourth-order valence-corrected chi connectivity index (χ4v) is 3.03. The Morgan fingerprint density at radius 1 is 1.00 bits per heavy atom. The average molecular weight is 355 g/mol. The van der Waals surface area contributed by atoms with Crippen LogP contribution in [0.25, 0.3) is 0 Å². The molecule has 1 aliphatic heterocycles. The zero-order chi connectivity index (χ0) is 18.5. The van der Waals surface area contributed by atoms with E-state index in [1.54, 1.807) is 0 Å². The lowest BCUT2D eigenvalue weighted by Gasteiger charge is -2.34. The number of nitrogens with one attached hydrogen (secondary N) is 1. The molecule has 3 rings (SSSR count). The van der Waals surface area contributed by atoms with Crippen molar-refractivity contribution in [2.45, 2.75) is 6.92 Å². The second kappa shape index (κ2) is 8.10. The molecule has 1 saturated heterocycles. The van der Waals surface area contributed by atoms with Crippen molar-refractivity contribution in [3.63, 3.8) is 0 Å². The summed E-state index contributed by atoms with van der Waals surface area (Å²) >= 11 is 0. The zero-order valence-corrected chi connectivity index (χ0v) is 14.7. The third kappa shape index (κ3) is 4.46. The van der Waals surface area contributed by atoms with Gasteiger partial charge in [-0.3, -0.25) is 14.5 Å². The Labute approximate surface area is 152 Å². The van der Waals surface area contributed by atoms with Gasteiger partial charge in [0.2, 0.25) is 5.91 Å². The van der Waals surface area contributed by atoms with E-state index in [2.05, 4.69) is 5.32 Å². The molecule has 1 heterocycles. The molecule has 1 aliphatic rings. The minimum absolute atomic E-state index is 0.0403. The quantitative estimate of drug-likeness (QED) is 0.917. The normalized spacial score (nSPS) is 14.9. The summed E-state index contributed by atoms with van der Waals surface area (Å²) in [7, 11) is 0. The van der Waals surface area contributed by atoms with Crippen molar-refractivity contribution in [2.24, 2.45) is 0 Å². The summed E-state index contributed by atoms with van der Waals surface area (Å²) in [5.41, 5.74) is 2.28. The Morgan fingerprint density at radius 3 is 2.31 bits per heavy atom. The minimum Gasteiger partial charge on any atom is -0.336 e. The molecule has 0 aromatic heterocycles. The molecule has 5 nitrogen and oxygen atoms in total. The number of rotatable bonds is 4. The topological polar surface area (TPSA) is 52.7 Å². The van der Waals surface area contributed by atoms with Crippen molar-refractivity contribution < 1.29 is 14.0 Å². The van der Waals surface area contributed by atoms with Crippen LogP contribution in [0.2, 0.25) is 0 Å². The molecule has 0 bridgehead atoms. The predicted molar refractivity (Wildman–Crippen MR) is 98.6 cm³/mol. The van der Waals surface area contributed by atoms with Gasteiger partial charge in [-0.1, -0.05) is 18.2 Å². The highest BCUT2D eigenvalue weighted by molar-refractivity contribution is 5.95. The largest absolute Gasteiger partial charge is 0.336 e. The summed E-state index contributed by atoms with van der Waals surface area (Å²) in [6.45, 7) is 4.67. The summed E-state index contributed by atoms with van der Waals surface area (Å²) in [4.78, 5) is 28.6. The van der Waals surface area contributed by atoms with E-state index in [9.17, 15) is 14.0 Å². The first-order valence-corrected chi connectivity index (χ1v) is 8.65. The summed E-state index contributed by atoms with van der Waals surface area (Å²) in [6.07, 6.45) is 0. The second-order valence-electron chi connectivity index (χ2n) is 6.44. The van der Waals surface area contributed by atoms with Crippen molar-refractivity contribution in [3.8, 4) is 0 Å². The van der Waals surface area contributed by atoms with E-state index in [1.165, 1.54) is 24.3 Å². The van der Waals surface area contributed by atoms with E-state index in [-0.39, 0.29) is 24.2 Å². The molecule has 0 atom stereocenters. The number of nitrogens with zero attached hydrogens (tertiary/aromatic N) is 2. The Bertz CT molecular complexity index is 784. The summed E-state index contributed by atoms with van der Waals surface area (Å²) in [5.74, 6) is -0.439. The Morgan fingerprint density at radius 2 is 1.65 bits per heavy atom. The van der Waals surface area contributed by atoms with E-state index < -0.39 is 0 Å². The number of piperazine rings is 1. The first-order valence-electron chi connectivity index (χ1n) is 8.65. The molecule has 0 saturated carbocycles. The van der Waals surface area contributed by atoms with Gasteiger partial charge in [0.15, 0.2) is 0 Å². The number of anilines is 1. The number of benzene rings is 2. The molecule has 0 aliphatic carbocycles. The van der Waals surface area contributed by atoms with Gasteiger partial charge in [-0.05, 0) is 42.8 Å². The average Bonchev–Trinajstić information content (AvgIpc) is 2.64. The number of carbonyl (C=O) groups excluding carboxylic acids is 2. The number of amides is 2. The number of carbonyl (C=O) groups is 2. The Balaban J connectivity index is 1.49. The third-order valence-electron chi connectivity index (χ3n) is 4.53. The molecule has 0 radical (unpaired) electrons. The van der Waals surface area contributed by atoms with Crippen LogP contribution in [-0.2, 0) is 4.79 Å². The van der Waals surface area contributed by atoms with Gasteiger partial charge in [0.25, 0.3) is 5.91 Å². The maximum absolute atomic E-state index is 12.9. The van der Waals surface area contributed by atoms with Crippen LogP contribution in [0.4, 0.5) is 10.1 Å². The number of hydrogen-bond donors (Lipinski definition) is 1. The molecule has 0 unspecified atom stereocenters. The van der Waals surface area contributed by atoms with Crippen molar-refractivity contribution in [3.05, 3.63) is 65.5 Å². The van der Waals surface area contributed by atoms with Gasteiger partial charge >= 0.3 is 0 Å². The van der Waals surface area contributed by atoms with Crippen LogP contribution in [0.3, 0.4) is 0 Å². The van der Waals surface area contributed by atoms with Gasteiger partial charge in [-0.2, -0.15) is 0 Å². The highest BCUT2D eigenvalue weighted by atomic mass is 19.1. The number of hydrogen-bond acceptors (Lipinski definition) is 3. The van der Waals surface area contributed by atoms with Crippen molar-refractivity contribution in [2.75, 3.05) is 38.0 Å². The van der Waals surface area contributed by atoms with Crippen molar-refractivity contribution in [1.29, 1.82) is 0 Å². The molecule has 2 amide bonds. The molecular formula is C20H22FN3O2. The van der Waals surface area contributed by atoms with E-state index in [1.807, 2.05) is 41.0 Å². The lowest BCUT2D eigenvalue weighted by atomic mass is 10.1. The summed E-state index contributed by atoms with van der Waals surface area (Å²) in [6, 6.07) is 13.3. The van der Waals surface area contributed by atoms with E-state index >= 15 is 0 Å². The molecule has 2 aromatic rings. The standard InChI is InChI=1S/C20H22FN3O2/c1-15-4-2-3-5-18(15)20(26)24-12-10-23(11-13-24)14-19(25)22-17-8-6-16(21)7-9-17/h2-9H,10-14H2,1H3,(H,22,25). The van der Waals surface area contributed by atoms with E-state index in [0.29, 0.717) is 31.9 Å².